The van der Waals surface area contributed by atoms with Gasteiger partial charge in [-0.25, -0.2) is 8.42 Å². The smallest absolute Gasteiger partial charge is 0.243 e. The molecule has 27 heavy (non-hydrogen) atoms. The number of anilines is 1. The minimum atomic E-state index is -3.68. The van der Waals surface area contributed by atoms with Crippen molar-refractivity contribution in [2.45, 2.75) is 51.1 Å². The molecular formula is C20H25N3O3S. The number of aryl methyl sites for hydroxylation is 1. The molecule has 1 aliphatic heterocycles. The van der Waals surface area contributed by atoms with Crippen LogP contribution in [0.1, 0.15) is 37.8 Å². The van der Waals surface area contributed by atoms with Crippen LogP contribution in [0.25, 0.3) is 0 Å². The third kappa shape index (κ3) is 4.04. The Balaban J connectivity index is 1.93. The minimum Gasteiger partial charge on any atom is -0.312 e. The van der Waals surface area contributed by atoms with Crippen molar-refractivity contribution in [1.29, 1.82) is 0 Å². The molecule has 0 aliphatic carbocycles. The predicted octanol–water partition coefficient (Wildman–Crippen LogP) is 3.12. The van der Waals surface area contributed by atoms with Gasteiger partial charge in [0.05, 0.1) is 4.90 Å². The Morgan fingerprint density at radius 2 is 2.04 bits per heavy atom. The second-order valence-corrected chi connectivity index (χ2v) is 8.96. The number of amides is 1. The van der Waals surface area contributed by atoms with Crippen LogP contribution in [0.5, 0.6) is 0 Å². The molecule has 1 saturated heterocycles. The summed E-state index contributed by atoms with van der Waals surface area (Å²) in [7, 11) is -3.68. The lowest BCUT2D eigenvalue weighted by molar-refractivity contribution is -0.117. The lowest BCUT2D eigenvalue weighted by Gasteiger charge is -2.27. The maximum Gasteiger partial charge on any atom is 0.243 e. The quantitative estimate of drug-likeness (QED) is 0.764. The van der Waals surface area contributed by atoms with E-state index in [0.717, 1.165) is 17.7 Å². The number of carbonyl (C=O) groups is 1. The number of pyridine rings is 1. The molecule has 144 valence electrons. The molecule has 0 saturated carbocycles. The van der Waals surface area contributed by atoms with Crippen LogP contribution in [0.4, 0.5) is 5.69 Å². The van der Waals surface area contributed by atoms with Gasteiger partial charge in [0.25, 0.3) is 0 Å². The van der Waals surface area contributed by atoms with Crippen LogP contribution in [0.15, 0.2) is 47.6 Å². The lowest BCUT2D eigenvalue weighted by Crippen LogP contribution is -2.36. The van der Waals surface area contributed by atoms with Gasteiger partial charge < -0.3 is 4.90 Å². The first-order chi connectivity index (χ1) is 12.8. The van der Waals surface area contributed by atoms with E-state index in [2.05, 4.69) is 4.98 Å². The molecule has 0 N–H and O–H groups in total. The average Bonchev–Trinajstić information content (AvgIpc) is 3.06. The Kier molecular flexibility index (Phi) is 5.62. The van der Waals surface area contributed by atoms with E-state index in [0.29, 0.717) is 18.5 Å². The first-order valence-corrected chi connectivity index (χ1v) is 10.6. The van der Waals surface area contributed by atoms with Crippen LogP contribution in [0.2, 0.25) is 0 Å². The Labute approximate surface area is 160 Å². The van der Waals surface area contributed by atoms with Crippen LogP contribution < -0.4 is 4.90 Å². The second-order valence-electron chi connectivity index (χ2n) is 7.10. The van der Waals surface area contributed by atoms with Gasteiger partial charge in [0, 0.05) is 43.6 Å². The van der Waals surface area contributed by atoms with Gasteiger partial charge in [-0.3, -0.25) is 9.78 Å². The van der Waals surface area contributed by atoms with Gasteiger partial charge in [-0.1, -0.05) is 6.07 Å². The number of benzene rings is 1. The highest BCUT2D eigenvalue weighted by atomic mass is 32.2. The molecule has 0 unspecified atom stereocenters. The van der Waals surface area contributed by atoms with E-state index in [1.165, 1.54) is 4.31 Å². The van der Waals surface area contributed by atoms with Crippen LogP contribution >= 0.6 is 0 Å². The normalized spacial score (nSPS) is 15.1. The van der Waals surface area contributed by atoms with E-state index < -0.39 is 10.0 Å². The molecule has 1 aromatic heterocycles. The predicted molar refractivity (Wildman–Crippen MR) is 105 cm³/mol. The fraction of sp³-hybridized carbons (Fsp3) is 0.400. The van der Waals surface area contributed by atoms with Gasteiger partial charge in [0.2, 0.25) is 15.9 Å². The summed E-state index contributed by atoms with van der Waals surface area (Å²) in [5.74, 6) is 0.0883. The summed E-state index contributed by atoms with van der Waals surface area (Å²) in [6, 6.07) is 8.60. The molecule has 0 bridgehead atoms. The standard InChI is InChI=1S/C20H25N3O3S/c1-15(2)23(14-17-6-4-10-21-13-17)27(25,26)19-9-8-18(12-16(19)3)22-11-5-7-20(22)24/h4,6,8-10,12-13,15H,5,7,11,14H2,1-3H3. The van der Waals surface area contributed by atoms with E-state index >= 15 is 0 Å². The summed E-state index contributed by atoms with van der Waals surface area (Å²) < 4.78 is 28.1. The van der Waals surface area contributed by atoms with E-state index in [9.17, 15) is 13.2 Å². The van der Waals surface area contributed by atoms with Crippen LogP contribution in [-0.4, -0.2) is 36.2 Å². The Bertz CT molecular complexity index is 927. The van der Waals surface area contributed by atoms with Crippen molar-refractivity contribution in [2.24, 2.45) is 0 Å². The number of aromatic nitrogens is 1. The van der Waals surface area contributed by atoms with Gasteiger partial charge >= 0.3 is 0 Å². The maximum absolute atomic E-state index is 13.3. The summed E-state index contributed by atoms with van der Waals surface area (Å²) >= 11 is 0. The lowest BCUT2D eigenvalue weighted by atomic mass is 10.2. The number of sulfonamides is 1. The van der Waals surface area contributed by atoms with E-state index in [-0.39, 0.29) is 23.4 Å². The molecule has 6 nitrogen and oxygen atoms in total. The second kappa shape index (κ2) is 7.78. The summed E-state index contributed by atoms with van der Waals surface area (Å²) in [4.78, 5) is 18.0. The van der Waals surface area contributed by atoms with E-state index in [4.69, 9.17) is 0 Å². The molecule has 0 radical (unpaired) electrons. The number of nitrogens with zero attached hydrogens (tertiary/aromatic N) is 3. The number of carbonyl (C=O) groups excluding carboxylic acids is 1. The largest absolute Gasteiger partial charge is 0.312 e. The molecule has 2 heterocycles. The Morgan fingerprint density at radius 3 is 2.59 bits per heavy atom. The molecule has 3 rings (SSSR count). The maximum atomic E-state index is 13.3. The summed E-state index contributed by atoms with van der Waals surface area (Å²) in [5.41, 5.74) is 2.24. The molecule has 1 aromatic carbocycles. The van der Waals surface area contributed by atoms with Crippen LogP contribution in [0.3, 0.4) is 0 Å². The zero-order valence-electron chi connectivity index (χ0n) is 15.9. The average molecular weight is 388 g/mol. The number of hydrogen-bond acceptors (Lipinski definition) is 4. The molecule has 1 amide bonds. The number of hydrogen-bond donors (Lipinski definition) is 0. The monoisotopic (exact) mass is 387 g/mol. The Hall–Kier alpha value is -2.25. The van der Waals surface area contributed by atoms with Crippen molar-refractivity contribution in [3.63, 3.8) is 0 Å². The van der Waals surface area contributed by atoms with Crippen molar-refractivity contribution in [3.05, 3.63) is 53.9 Å². The SMILES string of the molecule is Cc1cc(N2CCCC2=O)ccc1S(=O)(=O)N(Cc1cccnc1)C(C)C. The van der Waals surface area contributed by atoms with Crippen molar-refractivity contribution in [2.75, 3.05) is 11.4 Å². The van der Waals surface area contributed by atoms with Gasteiger partial charge in [-0.2, -0.15) is 4.31 Å². The van der Waals surface area contributed by atoms with Gasteiger partial charge in [0.1, 0.15) is 0 Å². The Morgan fingerprint density at radius 1 is 1.26 bits per heavy atom. The number of rotatable bonds is 6. The van der Waals surface area contributed by atoms with Gasteiger partial charge in [0.15, 0.2) is 0 Å². The third-order valence-electron chi connectivity index (χ3n) is 4.77. The highest BCUT2D eigenvalue weighted by Gasteiger charge is 2.30. The first-order valence-electron chi connectivity index (χ1n) is 9.12. The van der Waals surface area contributed by atoms with Gasteiger partial charge in [-0.15, -0.1) is 0 Å². The van der Waals surface area contributed by atoms with E-state index in [1.807, 2.05) is 19.9 Å². The minimum absolute atomic E-state index is 0.0883. The molecule has 0 atom stereocenters. The van der Waals surface area contributed by atoms with Crippen molar-refractivity contribution in [3.8, 4) is 0 Å². The molecule has 1 fully saturated rings. The zero-order chi connectivity index (χ0) is 19.6. The third-order valence-corrected chi connectivity index (χ3v) is 6.95. The summed E-state index contributed by atoms with van der Waals surface area (Å²) in [5, 5.41) is 0. The topological polar surface area (TPSA) is 70.6 Å². The van der Waals surface area contributed by atoms with Crippen molar-refractivity contribution >= 4 is 21.6 Å². The first kappa shape index (κ1) is 19.5. The molecular weight excluding hydrogens is 362 g/mol. The summed E-state index contributed by atoms with van der Waals surface area (Å²) in [6.07, 6.45) is 4.73. The highest BCUT2D eigenvalue weighted by Crippen LogP contribution is 2.29. The van der Waals surface area contributed by atoms with Crippen molar-refractivity contribution in [1.82, 2.24) is 9.29 Å². The van der Waals surface area contributed by atoms with E-state index in [1.54, 1.807) is 48.5 Å². The van der Waals surface area contributed by atoms with Crippen molar-refractivity contribution < 1.29 is 13.2 Å². The fourth-order valence-corrected chi connectivity index (χ4v) is 5.19. The molecule has 1 aliphatic rings. The zero-order valence-corrected chi connectivity index (χ0v) is 16.7. The molecule has 0 spiro atoms. The molecule has 7 heteroatoms. The van der Waals surface area contributed by atoms with Crippen LogP contribution in [0, 0.1) is 6.92 Å². The van der Waals surface area contributed by atoms with Crippen LogP contribution in [-0.2, 0) is 21.4 Å². The molecule has 2 aromatic rings. The highest BCUT2D eigenvalue weighted by molar-refractivity contribution is 7.89. The summed E-state index contributed by atoms with van der Waals surface area (Å²) in [6.45, 7) is 6.45. The van der Waals surface area contributed by atoms with Gasteiger partial charge in [-0.05, 0) is 62.6 Å². The fourth-order valence-electron chi connectivity index (χ4n) is 3.36.